The van der Waals surface area contributed by atoms with Crippen molar-refractivity contribution in [3.05, 3.63) is 102 Å². The zero-order valence-corrected chi connectivity index (χ0v) is 17.2. The van der Waals surface area contributed by atoms with Crippen LogP contribution in [-0.2, 0) is 10.1 Å². The fourth-order valence-electron chi connectivity index (χ4n) is 2.76. The van der Waals surface area contributed by atoms with Crippen molar-refractivity contribution in [3.63, 3.8) is 0 Å². The zero-order chi connectivity index (χ0) is 20.6. The lowest BCUT2D eigenvalue weighted by Gasteiger charge is -2.21. The molecule has 3 aromatic rings. The molecule has 4 nitrogen and oxygen atoms in total. The Hall–Kier alpha value is -2.47. The second kappa shape index (κ2) is 10.2. The Balaban J connectivity index is 0.000000237. The summed E-state index contributed by atoms with van der Waals surface area (Å²) in [6, 6.07) is 27.4. The molecule has 0 unspecified atom stereocenters. The topological polar surface area (TPSA) is 66.4 Å². The van der Waals surface area contributed by atoms with Gasteiger partial charge in [-0.2, -0.15) is 8.42 Å². The Morgan fingerprint density at radius 3 is 1.57 bits per heavy atom. The number of hydrogen-bond acceptors (Lipinski definition) is 3. The van der Waals surface area contributed by atoms with E-state index in [0.29, 0.717) is 12.1 Å². The molecule has 3 aromatic carbocycles. The Bertz CT molecular complexity index is 940. The Labute approximate surface area is 168 Å². The van der Waals surface area contributed by atoms with Gasteiger partial charge in [-0.15, -0.1) is 0 Å². The molecule has 0 aromatic heterocycles. The van der Waals surface area contributed by atoms with Gasteiger partial charge in [-0.05, 0) is 44.0 Å². The van der Waals surface area contributed by atoms with Crippen LogP contribution in [-0.4, -0.2) is 13.0 Å². The predicted octanol–water partition coefficient (Wildman–Crippen LogP) is 5.34. The molecule has 148 valence electrons. The van der Waals surface area contributed by atoms with Crippen LogP contribution < -0.4 is 5.32 Å². The molecule has 28 heavy (non-hydrogen) atoms. The molecule has 0 radical (unpaired) electrons. The van der Waals surface area contributed by atoms with Gasteiger partial charge in [0.2, 0.25) is 0 Å². The van der Waals surface area contributed by atoms with Crippen LogP contribution in [0.25, 0.3) is 0 Å². The molecule has 3 rings (SSSR count). The maximum Gasteiger partial charge on any atom is 0.294 e. The zero-order valence-electron chi connectivity index (χ0n) is 16.4. The molecule has 0 fully saturated rings. The van der Waals surface area contributed by atoms with Crippen LogP contribution in [0.5, 0.6) is 0 Å². The third kappa shape index (κ3) is 6.93. The highest BCUT2D eigenvalue weighted by Crippen LogP contribution is 2.19. The molecule has 0 saturated carbocycles. The summed E-state index contributed by atoms with van der Waals surface area (Å²) in [6.07, 6.45) is 0. The average Bonchev–Trinajstić information content (AvgIpc) is 2.69. The number of nitrogens with one attached hydrogen (secondary N) is 1. The van der Waals surface area contributed by atoms with Crippen LogP contribution in [0.15, 0.2) is 89.8 Å². The van der Waals surface area contributed by atoms with Crippen molar-refractivity contribution >= 4 is 10.1 Å². The summed E-state index contributed by atoms with van der Waals surface area (Å²) >= 11 is 0. The van der Waals surface area contributed by atoms with Crippen LogP contribution in [0.4, 0.5) is 0 Å². The summed E-state index contributed by atoms with van der Waals surface area (Å²) in [6.45, 7) is 6.54. The van der Waals surface area contributed by atoms with Crippen molar-refractivity contribution < 1.29 is 13.0 Å². The smallest absolute Gasteiger partial charge is 0.294 e. The highest BCUT2D eigenvalue weighted by Gasteiger charge is 2.10. The second-order valence-electron chi connectivity index (χ2n) is 6.72. The van der Waals surface area contributed by atoms with E-state index in [4.69, 9.17) is 4.55 Å². The molecule has 2 N–H and O–H groups in total. The molecule has 5 heteroatoms. The molecule has 0 aliphatic rings. The lowest BCUT2D eigenvalue weighted by molar-refractivity contribution is 0.483. The van der Waals surface area contributed by atoms with Gasteiger partial charge >= 0.3 is 0 Å². The van der Waals surface area contributed by atoms with Gasteiger partial charge in [0.05, 0.1) is 4.90 Å². The van der Waals surface area contributed by atoms with Crippen LogP contribution in [0.3, 0.4) is 0 Å². The van der Waals surface area contributed by atoms with Gasteiger partial charge in [-0.3, -0.25) is 4.55 Å². The van der Waals surface area contributed by atoms with Gasteiger partial charge in [-0.25, -0.2) is 0 Å². The van der Waals surface area contributed by atoms with E-state index in [1.807, 2.05) is 0 Å². The lowest BCUT2D eigenvalue weighted by atomic mass is 10.0. The lowest BCUT2D eigenvalue weighted by Crippen LogP contribution is -2.22. The highest BCUT2D eigenvalue weighted by molar-refractivity contribution is 7.85. The number of hydrogen-bond donors (Lipinski definition) is 2. The monoisotopic (exact) mass is 397 g/mol. The molecule has 0 bridgehead atoms. The van der Waals surface area contributed by atoms with E-state index in [-0.39, 0.29) is 4.90 Å². The molecule has 0 saturated heterocycles. The van der Waals surface area contributed by atoms with Crippen LogP contribution in [0, 0.1) is 6.92 Å². The second-order valence-corrected chi connectivity index (χ2v) is 8.14. The Morgan fingerprint density at radius 1 is 0.714 bits per heavy atom. The minimum atomic E-state index is -4.00. The first-order chi connectivity index (χ1) is 13.3. The minimum Gasteiger partial charge on any atom is -0.304 e. The van der Waals surface area contributed by atoms with E-state index >= 15 is 0 Å². The van der Waals surface area contributed by atoms with Crippen molar-refractivity contribution in [2.75, 3.05) is 0 Å². The molecule has 0 aliphatic carbocycles. The van der Waals surface area contributed by atoms with Gasteiger partial charge in [0, 0.05) is 12.1 Å². The summed E-state index contributed by atoms with van der Waals surface area (Å²) in [5.74, 6) is 0. The van der Waals surface area contributed by atoms with Crippen molar-refractivity contribution in [1.82, 2.24) is 5.32 Å². The molecule has 2 atom stereocenters. The Kier molecular flexibility index (Phi) is 7.93. The number of benzene rings is 3. The van der Waals surface area contributed by atoms with E-state index in [2.05, 4.69) is 80.7 Å². The van der Waals surface area contributed by atoms with E-state index < -0.39 is 10.1 Å². The first kappa shape index (κ1) is 21.8. The molecule has 0 aliphatic heterocycles. The van der Waals surface area contributed by atoms with E-state index in [1.54, 1.807) is 18.2 Å². The van der Waals surface area contributed by atoms with E-state index in [0.717, 1.165) is 0 Å². The summed E-state index contributed by atoms with van der Waals surface area (Å²) in [7, 11) is -4.00. The van der Waals surface area contributed by atoms with Crippen molar-refractivity contribution in [2.24, 2.45) is 0 Å². The first-order valence-electron chi connectivity index (χ1n) is 9.17. The summed E-state index contributed by atoms with van der Waals surface area (Å²) in [4.78, 5) is -0.0741. The number of rotatable bonds is 5. The standard InChI is InChI=1S/C17H21N.C6H6O3S/c1-13-9-11-17(12-10-13)15(3)18-14(2)16-7-5-4-6-8-16;7-10(8,9)6-4-2-1-3-5-6/h4-12,14-15,18H,1-3H3;1-5H,(H,7,8,9)/t14-,15-;/m0./s1. The van der Waals surface area contributed by atoms with Gasteiger partial charge < -0.3 is 5.32 Å². The maximum absolute atomic E-state index is 10.4. The largest absolute Gasteiger partial charge is 0.304 e. The van der Waals surface area contributed by atoms with Crippen LogP contribution in [0.1, 0.15) is 42.6 Å². The third-order valence-corrected chi connectivity index (χ3v) is 5.29. The molecule has 0 spiro atoms. The summed E-state index contributed by atoms with van der Waals surface area (Å²) in [5, 5.41) is 3.63. The fourth-order valence-corrected chi connectivity index (χ4v) is 3.26. The Morgan fingerprint density at radius 2 is 1.14 bits per heavy atom. The van der Waals surface area contributed by atoms with Gasteiger partial charge in [-0.1, -0.05) is 78.4 Å². The van der Waals surface area contributed by atoms with Crippen LogP contribution in [0.2, 0.25) is 0 Å². The third-order valence-electron chi connectivity index (χ3n) is 4.42. The van der Waals surface area contributed by atoms with Gasteiger partial charge in [0.15, 0.2) is 0 Å². The molecular weight excluding hydrogens is 370 g/mol. The van der Waals surface area contributed by atoms with Crippen molar-refractivity contribution in [1.29, 1.82) is 0 Å². The molecular formula is C23H27NO3S. The summed E-state index contributed by atoms with van der Waals surface area (Å²) in [5.41, 5.74) is 3.97. The quantitative estimate of drug-likeness (QED) is 0.570. The fraction of sp³-hybridized carbons (Fsp3) is 0.217. The maximum atomic E-state index is 10.4. The molecule has 0 heterocycles. The van der Waals surface area contributed by atoms with E-state index in [1.165, 1.54) is 28.8 Å². The van der Waals surface area contributed by atoms with Crippen molar-refractivity contribution in [3.8, 4) is 0 Å². The van der Waals surface area contributed by atoms with Crippen molar-refractivity contribution in [2.45, 2.75) is 37.8 Å². The van der Waals surface area contributed by atoms with Crippen LogP contribution >= 0.6 is 0 Å². The summed E-state index contributed by atoms with van der Waals surface area (Å²) < 4.78 is 29.2. The normalized spacial score (nSPS) is 13.1. The minimum absolute atomic E-state index is 0.0741. The SMILES string of the molecule is Cc1ccc([C@H](C)N[C@@H](C)c2ccccc2)cc1.O=S(=O)(O)c1ccccc1. The molecule has 0 amide bonds. The number of aryl methyl sites for hydroxylation is 1. The van der Waals surface area contributed by atoms with Gasteiger partial charge in [0.1, 0.15) is 0 Å². The van der Waals surface area contributed by atoms with E-state index in [9.17, 15) is 8.42 Å². The average molecular weight is 398 g/mol. The predicted molar refractivity (Wildman–Crippen MR) is 114 cm³/mol. The van der Waals surface area contributed by atoms with Gasteiger partial charge in [0.25, 0.3) is 10.1 Å². The highest BCUT2D eigenvalue weighted by atomic mass is 32.2. The first-order valence-corrected chi connectivity index (χ1v) is 10.6.